The predicted octanol–water partition coefficient (Wildman–Crippen LogP) is 2.40. The molecule has 1 fully saturated rings. The molecule has 4 heteroatoms. The number of nitrogens with two attached hydrogens (primary N) is 1. The van der Waals surface area contributed by atoms with Gasteiger partial charge in [0.25, 0.3) is 0 Å². The number of benzene rings is 1. The zero-order valence-corrected chi connectivity index (χ0v) is 10.1. The molecule has 1 heterocycles. The van der Waals surface area contributed by atoms with Crippen LogP contribution in [-0.2, 0) is 11.3 Å². The van der Waals surface area contributed by atoms with Crippen LogP contribution in [0.4, 0.5) is 0 Å². The molecule has 0 aliphatic carbocycles. The lowest BCUT2D eigenvalue weighted by Crippen LogP contribution is -2.30. The second-order valence-electron chi connectivity index (χ2n) is 3.20. The molecule has 0 bridgehead atoms. The lowest BCUT2D eigenvalue weighted by atomic mass is 10.2. The van der Waals surface area contributed by atoms with Gasteiger partial charge >= 0.3 is 0 Å². The van der Waals surface area contributed by atoms with E-state index >= 15 is 0 Å². The molecule has 1 aromatic carbocycles. The van der Waals surface area contributed by atoms with Gasteiger partial charge in [0, 0.05) is 15.9 Å². The zero-order chi connectivity index (χ0) is 9.97. The van der Waals surface area contributed by atoms with E-state index in [-0.39, 0.29) is 0 Å². The molecular formula is C10H12BrNOS. The standard InChI is InChI=1S/C10H12BrNOS/c11-9-2-1-3-10(8(9)4-12)14-7-5-13-6-7/h1-3,7H,4-6,12H2. The van der Waals surface area contributed by atoms with Crippen LogP contribution >= 0.6 is 27.7 Å². The quantitative estimate of drug-likeness (QED) is 0.919. The molecule has 2 nitrogen and oxygen atoms in total. The van der Waals surface area contributed by atoms with E-state index < -0.39 is 0 Å². The highest BCUT2D eigenvalue weighted by Gasteiger charge is 2.20. The Kier molecular flexibility index (Phi) is 3.49. The van der Waals surface area contributed by atoms with Gasteiger partial charge in [-0.25, -0.2) is 0 Å². The molecule has 76 valence electrons. The summed E-state index contributed by atoms with van der Waals surface area (Å²) in [7, 11) is 0. The van der Waals surface area contributed by atoms with Gasteiger partial charge in [-0.15, -0.1) is 11.8 Å². The summed E-state index contributed by atoms with van der Waals surface area (Å²) < 4.78 is 6.25. The van der Waals surface area contributed by atoms with E-state index in [0.29, 0.717) is 11.8 Å². The Morgan fingerprint density at radius 2 is 2.29 bits per heavy atom. The predicted molar refractivity (Wildman–Crippen MR) is 62.5 cm³/mol. The first-order valence-electron chi connectivity index (χ1n) is 4.53. The van der Waals surface area contributed by atoms with Crippen LogP contribution < -0.4 is 5.73 Å². The number of halogens is 1. The molecule has 1 aliphatic heterocycles. The monoisotopic (exact) mass is 273 g/mol. The van der Waals surface area contributed by atoms with E-state index in [1.807, 2.05) is 23.9 Å². The van der Waals surface area contributed by atoms with E-state index in [4.69, 9.17) is 10.5 Å². The van der Waals surface area contributed by atoms with Crippen molar-refractivity contribution in [3.63, 3.8) is 0 Å². The van der Waals surface area contributed by atoms with E-state index in [1.54, 1.807) is 0 Å². The van der Waals surface area contributed by atoms with Crippen molar-refractivity contribution in [2.75, 3.05) is 13.2 Å². The Bertz CT molecular complexity index is 328. The Hall–Kier alpha value is -0.0300. The van der Waals surface area contributed by atoms with Gasteiger partial charge in [-0.3, -0.25) is 0 Å². The fourth-order valence-corrected chi connectivity index (χ4v) is 3.15. The van der Waals surface area contributed by atoms with Crippen LogP contribution in [0, 0.1) is 0 Å². The van der Waals surface area contributed by atoms with Gasteiger partial charge in [0.1, 0.15) is 0 Å². The van der Waals surface area contributed by atoms with Crippen molar-refractivity contribution in [3.8, 4) is 0 Å². The molecule has 0 unspecified atom stereocenters. The summed E-state index contributed by atoms with van der Waals surface area (Å²) in [6.07, 6.45) is 0. The molecule has 0 radical (unpaired) electrons. The average Bonchev–Trinajstić information content (AvgIpc) is 2.11. The maximum absolute atomic E-state index is 5.71. The molecule has 2 rings (SSSR count). The summed E-state index contributed by atoms with van der Waals surface area (Å²) in [4.78, 5) is 1.27. The van der Waals surface area contributed by atoms with Crippen molar-refractivity contribution < 1.29 is 4.74 Å². The minimum absolute atomic E-state index is 0.581. The highest BCUT2D eigenvalue weighted by atomic mass is 79.9. The molecule has 14 heavy (non-hydrogen) atoms. The molecule has 0 saturated carbocycles. The van der Waals surface area contributed by atoms with Gasteiger partial charge in [-0.05, 0) is 17.7 Å². The largest absolute Gasteiger partial charge is 0.379 e. The molecule has 1 aliphatic rings. The van der Waals surface area contributed by atoms with Gasteiger partial charge in [0.15, 0.2) is 0 Å². The number of thioether (sulfide) groups is 1. The highest BCUT2D eigenvalue weighted by molar-refractivity contribution is 9.10. The summed E-state index contributed by atoms with van der Waals surface area (Å²) in [6.45, 7) is 2.31. The van der Waals surface area contributed by atoms with Gasteiger partial charge in [-0.2, -0.15) is 0 Å². The van der Waals surface area contributed by atoms with E-state index in [1.165, 1.54) is 10.5 Å². The fraction of sp³-hybridized carbons (Fsp3) is 0.400. The molecule has 1 aromatic rings. The summed E-state index contributed by atoms with van der Waals surface area (Å²) in [5.74, 6) is 0. The third-order valence-electron chi connectivity index (χ3n) is 2.18. The highest BCUT2D eigenvalue weighted by Crippen LogP contribution is 2.33. The summed E-state index contributed by atoms with van der Waals surface area (Å²) in [5.41, 5.74) is 6.91. The van der Waals surface area contributed by atoms with Crippen LogP contribution in [0.15, 0.2) is 27.6 Å². The van der Waals surface area contributed by atoms with Crippen molar-refractivity contribution in [1.82, 2.24) is 0 Å². The fourth-order valence-electron chi connectivity index (χ4n) is 1.31. The summed E-state index contributed by atoms with van der Waals surface area (Å²) >= 11 is 5.37. The molecular weight excluding hydrogens is 262 g/mol. The molecule has 0 atom stereocenters. The van der Waals surface area contributed by atoms with Crippen LogP contribution in [-0.4, -0.2) is 18.5 Å². The van der Waals surface area contributed by atoms with Gasteiger partial charge in [-0.1, -0.05) is 22.0 Å². The molecule has 1 saturated heterocycles. The third-order valence-corrected chi connectivity index (χ3v) is 4.17. The Labute approximate surface area is 96.3 Å². The topological polar surface area (TPSA) is 35.2 Å². The normalized spacial score (nSPS) is 16.7. The lowest BCUT2D eigenvalue weighted by molar-refractivity contribution is 0.0455. The van der Waals surface area contributed by atoms with Gasteiger partial charge in [0.2, 0.25) is 0 Å². The number of ether oxygens (including phenoxy) is 1. The first kappa shape index (κ1) is 10.5. The van der Waals surface area contributed by atoms with Crippen molar-refractivity contribution in [3.05, 3.63) is 28.2 Å². The maximum Gasteiger partial charge on any atom is 0.0611 e. The van der Waals surface area contributed by atoms with Crippen LogP contribution in [0.3, 0.4) is 0 Å². The Morgan fingerprint density at radius 3 is 2.86 bits per heavy atom. The molecule has 0 spiro atoms. The van der Waals surface area contributed by atoms with Crippen molar-refractivity contribution >= 4 is 27.7 Å². The van der Waals surface area contributed by atoms with Crippen LogP contribution in [0.2, 0.25) is 0 Å². The van der Waals surface area contributed by atoms with Crippen LogP contribution in [0.1, 0.15) is 5.56 Å². The second kappa shape index (κ2) is 4.66. The zero-order valence-electron chi connectivity index (χ0n) is 7.70. The smallest absolute Gasteiger partial charge is 0.0611 e. The van der Waals surface area contributed by atoms with Crippen molar-refractivity contribution in [2.24, 2.45) is 5.73 Å². The number of hydrogen-bond donors (Lipinski definition) is 1. The molecule has 0 aromatic heterocycles. The van der Waals surface area contributed by atoms with E-state index in [2.05, 4.69) is 22.0 Å². The van der Waals surface area contributed by atoms with Crippen molar-refractivity contribution in [2.45, 2.75) is 16.7 Å². The molecule has 2 N–H and O–H groups in total. The SMILES string of the molecule is NCc1c(Br)cccc1SC1COC1. The maximum atomic E-state index is 5.71. The third kappa shape index (κ3) is 2.14. The first-order valence-corrected chi connectivity index (χ1v) is 6.20. The van der Waals surface area contributed by atoms with Crippen LogP contribution in [0.5, 0.6) is 0 Å². The Morgan fingerprint density at radius 1 is 1.50 bits per heavy atom. The summed E-state index contributed by atoms with van der Waals surface area (Å²) in [5, 5.41) is 0.606. The number of rotatable bonds is 3. The first-order chi connectivity index (χ1) is 6.81. The summed E-state index contributed by atoms with van der Waals surface area (Å²) in [6, 6.07) is 6.20. The number of hydrogen-bond acceptors (Lipinski definition) is 3. The van der Waals surface area contributed by atoms with E-state index in [9.17, 15) is 0 Å². The minimum Gasteiger partial charge on any atom is -0.379 e. The van der Waals surface area contributed by atoms with E-state index in [0.717, 1.165) is 17.7 Å². The van der Waals surface area contributed by atoms with Crippen molar-refractivity contribution in [1.29, 1.82) is 0 Å². The van der Waals surface area contributed by atoms with Crippen LogP contribution in [0.25, 0.3) is 0 Å². The van der Waals surface area contributed by atoms with Gasteiger partial charge < -0.3 is 10.5 Å². The minimum atomic E-state index is 0.581. The Balaban J connectivity index is 2.17. The van der Waals surface area contributed by atoms with Gasteiger partial charge in [0.05, 0.1) is 18.5 Å². The second-order valence-corrected chi connectivity index (χ2v) is 5.39. The molecule has 0 amide bonds. The average molecular weight is 274 g/mol. The lowest BCUT2D eigenvalue weighted by Gasteiger charge is -2.26.